The molecule has 2 aromatic carbocycles. The van der Waals surface area contributed by atoms with Crippen LogP contribution in [0.1, 0.15) is 39.9 Å². The van der Waals surface area contributed by atoms with Crippen LogP contribution in [0.2, 0.25) is 0 Å². The third-order valence-electron chi connectivity index (χ3n) is 5.36. The first-order chi connectivity index (χ1) is 14.9. The van der Waals surface area contributed by atoms with Gasteiger partial charge in [0.15, 0.2) is 5.13 Å². The van der Waals surface area contributed by atoms with E-state index < -0.39 is 10.0 Å². The van der Waals surface area contributed by atoms with Gasteiger partial charge in [0.2, 0.25) is 10.0 Å². The molecule has 1 amide bonds. The summed E-state index contributed by atoms with van der Waals surface area (Å²) in [6.45, 7) is 0.328. The zero-order valence-electron chi connectivity index (χ0n) is 17.3. The van der Waals surface area contributed by atoms with Crippen LogP contribution in [-0.2, 0) is 29.3 Å². The number of benzene rings is 2. The molecule has 8 heteroatoms. The molecule has 1 aliphatic carbocycles. The minimum Gasteiger partial charge on any atom is -0.298 e. The number of aromatic nitrogens is 1. The van der Waals surface area contributed by atoms with E-state index in [1.54, 1.807) is 12.1 Å². The fourth-order valence-corrected chi connectivity index (χ4v) is 4.92. The Hall–Kier alpha value is -2.55. The molecule has 0 unspecified atom stereocenters. The van der Waals surface area contributed by atoms with Gasteiger partial charge in [-0.3, -0.25) is 10.1 Å². The summed E-state index contributed by atoms with van der Waals surface area (Å²) in [5.41, 5.74) is 6.30. The average Bonchev–Trinajstić information content (AvgIpc) is 3.21. The fourth-order valence-electron chi connectivity index (χ4n) is 3.73. The number of rotatable bonds is 7. The molecule has 1 aliphatic rings. The number of carbonyl (C=O) groups is 1. The number of sulfonamides is 1. The Bertz CT molecular complexity index is 1190. The molecule has 0 bridgehead atoms. The first-order valence-corrected chi connectivity index (χ1v) is 13.1. The van der Waals surface area contributed by atoms with E-state index in [2.05, 4.69) is 33.2 Å². The van der Waals surface area contributed by atoms with Gasteiger partial charge in [-0.1, -0.05) is 24.3 Å². The number of carbonyl (C=O) groups excluding carboxylic acids is 1. The lowest BCUT2D eigenvalue weighted by molar-refractivity contribution is 0.102. The van der Waals surface area contributed by atoms with Gasteiger partial charge in [0.05, 0.1) is 11.9 Å². The molecule has 1 aromatic heterocycles. The molecule has 0 saturated heterocycles. The lowest BCUT2D eigenvalue weighted by Gasteiger charge is -2.16. The molecule has 3 aromatic rings. The number of nitrogens with zero attached hydrogens (tertiary/aromatic N) is 1. The maximum absolute atomic E-state index is 12.6. The highest BCUT2D eigenvalue weighted by Gasteiger charge is 2.13. The predicted molar refractivity (Wildman–Crippen MR) is 125 cm³/mol. The SMILES string of the molecule is CS(=O)(=O)NCCc1ccc(C(=O)Nc2nc(-c3ccc4c(c3)CCCC4)cs2)cc1. The van der Waals surface area contributed by atoms with Crippen LogP contribution < -0.4 is 10.0 Å². The van der Waals surface area contributed by atoms with Gasteiger partial charge in [0.25, 0.3) is 5.91 Å². The molecule has 6 nitrogen and oxygen atoms in total. The summed E-state index contributed by atoms with van der Waals surface area (Å²) in [5, 5.41) is 5.41. The average molecular weight is 456 g/mol. The maximum atomic E-state index is 12.6. The number of hydrogen-bond donors (Lipinski definition) is 2. The summed E-state index contributed by atoms with van der Waals surface area (Å²) in [5.74, 6) is -0.216. The van der Waals surface area contributed by atoms with Gasteiger partial charge >= 0.3 is 0 Å². The fraction of sp³-hybridized carbons (Fsp3) is 0.304. The second-order valence-corrected chi connectivity index (χ2v) is 10.5. The van der Waals surface area contributed by atoms with E-state index in [0.29, 0.717) is 23.7 Å². The summed E-state index contributed by atoms with van der Waals surface area (Å²) >= 11 is 1.41. The molecule has 0 fully saturated rings. The maximum Gasteiger partial charge on any atom is 0.257 e. The van der Waals surface area contributed by atoms with Gasteiger partial charge in [0.1, 0.15) is 0 Å². The summed E-state index contributed by atoms with van der Waals surface area (Å²) in [6.07, 6.45) is 6.47. The van der Waals surface area contributed by atoms with Crippen molar-refractivity contribution in [2.75, 3.05) is 18.1 Å². The first kappa shape index (κ1) is 21.7. The first-order valence-electron chi connectivity index (χ1n) is 10.3. The molecular weight excluding hydrogens is 430 g/mol. The third-order valence-corrected chi connectivity index (χ3v) is 6.85. The molecular formula is C23H25N3O3S2. The topological polar surface area (TPSA) is 88.2 Å². The van der Waals surface area contributed by atoms with Crippen molar-refractivity contribution in [2.45, 2.75) is 32.1 Å². The Morgan fingerprint density at radius 1 is 1.06 bits per heavy atom. The number of amides is 1. The Balaban J connectivity index is 1.38. The summed E-state index contributed by atoms with van der Waals surface area (Å²) in [6, 6.07) is 13.7. The second kappa shape index (κ2) is 9.30. The van der Waals surface area contributed by atoms with Gasteiger partial charge in [-0.2, -0.15) is 0 Å². The number of anilines is 1. The van der Waals surface area contributed by atoms with Crippen LogP contribution in [0, 0.1) is 0 Å². The zero-order valence-corrected chi connectivity index (χ0v) is 19.0. The molecule has 0 radical (unpaired) electrons. The molecule has 162 valence electrons. The molecule has 1 heterocycles. The van der Waals surface area contributed by atoms with E-state index in [0.717, 1.165) is 35.9 Å². The number of nitrogens with one attached hydrogen (secondary N) is 2. The highest BCUT2D eigenvalue weighted by Crippen LogP contribution is 2.29. The molecule has 2 N–H and O–H groups in total. The Labute approximate surface area is 186 Å². The second-order valence-electron chi connectivity index (χ2n) is 7.80. The van der Waals surface area contributed by atoms with E-state index in [1.807, 2.05) is 17.5 Å². The quantitative estimate of drug-likeness (QED) is 0.563. The highest BCUT2D eigenvalue weighted by molar-refractivity contribution is 7.88. The third kappa shape index (κ3) is 5.78. The number of fused-ring (bicyclic) bond motifs is 1. The molecule has 4 rings (SSSR count). The predicted octanol–water partition coefficient (Wildman–Crippen LogP) is 4.03. The van der Waals surface area contributed by atoms with Crippen LogP contribution in [0.15, 0.2) is 47.8 Å². The number of thiazole rings is 1. The Kier molecular flexibility index (Phi) is 6.50. The lowest BCUT2D eigenvalue weighted by atomic mass is 9.90. The summed E-state index contributed by atoms with van der Waals surface area (Å²) in [7, 11) is -3.19. The van der Waals surface area contributed by atoms with Crippen LogP contribution in [0.4, 0.5) is 5.13 Å². The molecule has 0 atom stereocenters. The van der Waals surface area contributed by atoms with Gasteiger partial charge in [-0.05, 0) is 67.0 Å². The van der Waals surface area contributed by atoms with E-state index in [9.17, 15) is 13.2 Å². The zero-order chi connectivity index (χ0) is 21.8. The molecule has 0 aliphatic heterocycles. The van der Waals surface area contributed by atoms with E-state index in [1.165, 1.54) is 35.3 Å². The van der Waals surface area contributed by atoms with Gasteiger partial charge in [0, 0.05) is 23.1 Å². The van der Waals surface area contributed by atoms with Crippen LogP contribution in [0.5, 0.6) is 0 Å². The standard InChI is InChI=1S/C23H25N3O3S2/c1-31(28,29)24-13-12-16-6-8-18(9-7-16)22(27)26-23-25-21(15-30-23)20-11-10-17-4-2-3-5-19(17)14-20/h6-11,14-15,24H,2-5,12-13H2,1H3,(H,25,26,27). The van der Waals surface area contributed by atoms with Crippen LogP contribution in [0.25, 0.3) is 11.3 Å². The number of aryl methyl sites for hydroxylation is 2. The van der Waals surface area contributed by atoms with Gasteiger partial charge in [-0.15, -0.1) is 11.3 Å². The van der Waals surface area contributed by atoms with E-state index >= 15 is 0 Å². The van der Waals surface area contributed by atoms with Crippen molar-refractivity contribution in [3.05, 3.63) is 70.1 Å². The smallest absolute Gasteiger partial charge is 0.257 e. The minimum atomic E-state index is -3.19. The van der Waals surface area contributed by atoms with Crippen molar-refractivity contribution in [3.63, 3.8) is 0 Å². The summed E-state index contributed by atoms with van der Waals surface area (Å²) in [4.78, 5) is 17.2. The molecule has 0 saturated carbocycles. The van der Waals surface area contributed by atoms with Crippen molar-refractivity contribution < 1.29 is 13.2 Å². The number of hydrogen-bond acceptors (Lipinski definition) is 5. The van der Waals surface area contributed by atoms with Crippen molar-refractivity contribution in [3.8, 4) is 11.3 Å². The van der Waals surface area contributed by atoms with Crippen molar-refractivity contribution in [1.29, 1.82) is 0 Å². The van der Waals surface area contributed by atoms with Crippen molar-refractivity contribution >= 4 is 32.4 Å². The van der Waals surface area contributed by atoms with Crippen LogP contribution in [-0.4, -0.2) is 32.1 Å². The normalized spacial score (nSPS) is 13.6. The monoisotopic (exact) mass is 455 g/mol. The van der Waals surface area contributed by atoms with Crippen molar-refractivity contribution in [1.82, 2.24) is 9.71 Å². The van der Waals surface area contributed by atoms with Crippen molar-refractivity contribution in [2.24, 2.45) is 0 Å². The summed E-state index contributed by atoms with van der Waals surface area (Å²) < 4.78 is 24.7. The minimum absolute atomic E-state index is 0.216. The Morgan fingerprint density at radius 2 is 1.81 bits per heavy atom. The lowest BCUT2D eigenvalue weighted by Crippen LogP contribution is -2.24. The van der Waals surface area contributed by atoms with Crippen LogP contribution >= 0.6 is 11.3 Å². The molecule has 31 heavy (non-hydrogen) atoms. The van der Waals surface area contributed by atoms with E-state index in [-0.39, 0.29) is 5.91 Å². The highest BCUT2D eigenvalue weighted by atomic mass is 32.2. The van der Waals surface area contributed by atoms with Gasteiger partial charge in [-0.25, -0.2) is 18.1 Å². The Morgan fingerprint density at radius 3 is 2.55 bits per heavy atom. The van der Waals surface area contributed by atoms with Gasteiger partial charge < -0.3 is 0 Å². The molecule has 0 spiro atoms. The van der Waals surface area contributed by atoms with E-state index in [4.69, 9.17) is 0 Å². The largest absolute Gasteiger partial charge is 0.298 e. The van der Waals surface area contributed by atoms with Crippen LogP contribution in [0.3, 0.4) is 0 Å².